The first-order valence-electron chi connectivity index (χ1n) is 4.78. The molecule has 0 aromatic rings. The van der Waals surface area contributed by atoms with Gasteiger partial charge < -0.3 is 25.2 Å². The number of rotatable bonds is 8. The Labute approximate surface area is 98.3 Å². The van der Waals surface area contributed by atoms with Crippen LogP contribution in [0.25, 0.3) is 0 Å². The molecule has 0 aromatic heterocycles. The van der Waals surface area contributed by atoms with Gasteiger partial charge in [0.1, 0.15) is 19.3 Å². The van der Waals surface area contributed by atoms with Crippen LogP contribution in [-0.2, 0) is 23.9 Å². The summed E-state index contributed by atoms with van der Waals surface area (Å²) in [5, 5.41) is 13.3. The lowest BCUT2D eigenvalue weighted by molar-refractivity contribution is -0.142. The summed E-state index contributed by atoms with van der Waals surface area (Å²) >= 11 is 0. The molecule has 0 aromatic carbocycles. The molecule has 3 N–H and O–H groups in total. The molecule has 0 fully saturated rings. The Kier molecular flexibility index (Phi) is 7.65. The average Bonchev–Trinajstić information content (AvgIpc) is 2.24. The fourth-order valence-corrected chi connectivity index (χ4v) is 0.965. The monoisotopic (exact) mass is 248 g/mol. The van der Waals surface area contributed by atoms with Gasteiger partial charge in [0.05, 0.1) is 0 Å². The molecule has 17 heavy (non-hydrogen) atoms. The van der Waals surface area contributed by atoms with Crippen molar-refractivity contribution in [3.8, 4) is 0 Å². The van der Waals surface area contributed by atoms with E-state index >= 15 is 0 Å². The smallest absolute Gasteiger partial charge is 0.328 e. The van der Waals surface area contributed by atoms with Crippen LogP contribution in [0.15, 0.2) is 0 Å². The third-order valence-corrected chi connectivity index (χ3v) is 1.69. The number of amides is 2. The zero-order valence-corrected chi connectivity index (χ0v) is 9.69. The number of carbonyl (C=O) groups is 3. The Morgan fingerprint density at radius 3 is 2.12 bits per heavy atom. The van der Waals surface area contributed by atoms with Crippen LogP contribution in [0.3, 0.4) is 0 Å². The summed E-state index contributed by atoms with van der Waals surface area (Å²) < 4.78 is 9.09. The SMILES string of the molecule is COCC(=O)NCC(NC(=O)COC)C(=O)O. The van der Waals surface area contributed by atoms with Crippen LogP contribution in [0.4, 0.5) is 0 Å². The van der Waals surface area contributed by atoms with E-state index in [2.05, 4.69) is 20.1 Å². The number of aliphatic carboxylic acids is 1. The first kappa shape index (κ1) is 15.3. The van der Waals surface area contributed by atoms with E-state index < -0.39 is 23.8 Å². The van der Waals surface area contributed by atoms with E-state index in [1.165, 1.54) is 14.2 Å². The van der Waals surface area contributed by atoms with Gasteiger partial charge in [-0.2, -0.15) is 0 Å². The Morgan fingerprint density at radius 1 is 1.12 bits per heavy atom. The van der Waals surface area contributed by atoms with Crippen molar-refractivity contribution in [2.75, 3.05) is 34.0 Å². The molecule has 1 atom stereocenters. The van der Waals surface area contributed by atoms with E-state index in [0.717, 1.165) is 0 Å². The standard InChI is InChI=1S/C9H16N2O6/c1-16-4-7(12)10-3-6(9(14)15)11-8(13)5-17-2/h6H,3-5H2,1-2H3,(H,10,12)(H,11,13)(H,14,15). The maximum absolute atomic E-state index is 11.1. The van der Waals surface area contributed by atoms with Gasteiger partial charge in [0, 0.05) is 20.8 Å². The maximum Gasteiger partial charge on any atom is 0.328 e. The molecule has 1 unspecified atom stereocenters. The van der Waals surface area contributed by atoms with Crippen LogP contribution in [-0.4, -0.2) is 62.9 Å². The minimum absolute atomic E-state index is 0.168. The number of methoxy groups -OCH3 is 2. The van der Waals surface area contributed by atoms with Gasteiger partial charge in [0.15, 0.2) is 0 Å². The number of hydrogen-bond acceptors (Lipinski definition) is 5. The lowest BCUT2D eigenvalue weighted by atomic mass is 10.3. The predicted molar refractivity (Wildman–Crippen MR) is 56.3 cm³/mol. The molecule has 0 aliphatic heterocycles. The van der Waals surface area contributed by atoms with Gasteiger partial charge in [-0.1, -0.05) is 0 Å². The molecule has 0 saturated carbocycles. The van der Waals surface area contributed by atoms with Crippen LogP contribution in [0, 0.1) is 0 Å². The Balaban J connectivity index is 4.11. The summed E-state index contributed by atoms with van der Waals surface area (Å²) in [5.41, 5.74) is 0. The molecule has 0 aliphatic rings. The van der Waals surface area contributed by atoms with E-state index in [-0.39, 0.29) is 19.8 Å². The number of carboxylic acids is 1. The highest BCUT2D eigenvalue weighted by Gasteiger charge is 2.20. The minimum Gasteiger partial charge on any atom is -0.480 e. The van der Waals surface area contributed by atoms with E-state index in [0.29, 0.717) is 0 Å². The van der Waals surface area contributed by atoms with Crippen LogP contribution in [0.2, 0.25) is 0 Å². The van der Waals surface area contributed by atoms with Crippen LogP contribution >= 0.6 is 0 Å². The van der Waals surface area contributed by atoms with Gasteiger partial charge in [-0.3, -0.25) is 9.59 Å². The number of hydrogen-bond donors (Lipinski definition) is 3. The van der Waals surface area contributed by atoms with E-state index in [9.17, 15) is 14.4 Å². The third kappa shape index (κ3) is 7.25. The van der Waals surface area contributed by atoms with Gasteiger partial charge in [0.2, 0.25) is 11.8 Å². The average molecular weight is 248 g/mol. The molecule has 98 valence electrons. The molecule has 8 heteroatoms. The summed E-state index contributed by atoms with van der Waals surface area (Å²) in [6.07, 6.45) is 0. The van der Waals surface area contributed by atoms with E-state index in [1.54, 1.807) is 0 Å². The van der Waals surface area contributed by atoms with Crippen LogP contribution < -0.4 is 10.6 Å². The quantitative estimate of drug-likeness (QED) is 0.456. The topological polar surface area (TPSA) is 114 Å². The van der Waals surface area contributed by atoms with Crippen molar-refractivity contribution in [1.29, 1.82) is 0 Å². The second-order valence-electron chi connectivity index (χ2n) is 3.13. The lowest BCUT2D eigenvalue weighted by Gasteiger charge is -2.14. The zero-order chi connectivity index (χ0) is 13.3. The van der Waals surface area contributed by atoms with Crippen molar-refractivity contribution in [1.82, 2.24) is 10.6 Å². The van der Waals surface area contributed by atoms with Gasteiger partial charge in [-0.25, -0.2) is 4.79 Å². The maximum atomic E-state index is 11.1. The van der Waals surface area contributed by atoms with Crippen molar-refractivity contribution >= 4 is 17.8 Å². The van der Waals surface area contributed by atoms with Crippen molar-refractivity contribution in [2.45, 2.75) is 6.04 Å². The lowest BCUT2D eigenvalue weighted by Crippen LogP contribution is -2.49. The fourth-order valence-electron chi connectivity index (χ4n) is 0.965. The number of nitrogens with one attached hydrogen (secondary N) is 2. The zero-order valence-electron chi connectivity index (χ0n) is 9.69. The summed E-state index contributed by atoms with van der Waals surface area (Å²) in [6.45, 7) is -0.624. The highest BCUT2D eigenvalue weighted by molar-refractivity contribution is 5.85. The molecular weight excluding hydrogens is 232 g/mol. The van der Waals surface area contributed by atoms with Crippen molar-refractivity contribution in [3.63, 3.8) is 0 Å². The van der Waals surface area contributed by atoms with Crippen molar-refractivity contribution in [3.05, 3.63) is 0 Å². The number of carboxylic acid groups (broad SMARTS) is 1. The molecule has 0 saturated heterocycles. The van der Waals surface area contributed by atoms with Crippen LogP contribution in [0.1, 0.15) is 0 Å². The molecule has 0 bridgehead atoms. The van der Waals surface area contributed by atoms with Crippen LogP contribution in [0.5, 0.6) is 0 Å². The third-order valence-electron chi connectivity index (χ3n) is 1.69. The second-order valence-corrected chi connectivity index (χ2v) is 3.13. The first-order valence-corrected chi connectivity index (χ1v) is 4.78. The number of carbonyl (C=O) groups excluding carboxylic acids is 2. The van der Waals surface area contributed by atoms with Gasteiger partial charge in [-0.05, 0) is 0 Å². The molecule has 2 amide bonds. The Bertz CT molecular complexity index is 281. The fraction of sp³-hybridized carbons (Fsp3) is 0.667. The van der Waals surface area contributed by atoms with Crippen molar-refractivity contribution in [2.24, 2.45) is 0 Å². The van der Waals surface area contributed by atoms with Gasteiger partial charge in [0.25, 0.3) is 0 Å². The largest absolute Gasteiger partial charge is 0.480 e. The highest BCUT2D eigenvalue weighted by Crippen LogP contribution is 1.84. The minimum atomic E-state index is -1.24. The normalized spacial score (nSPS) is 11.6. The number of ether oxygens (including phenoxy) is 2. The highest BCUT2D eigenvalue weighted by atomic mass is 16.5. The molecular formula is C9H16N2O6. The van der Waals surface area contributed by atoms with E-state index in [4.69, 9.17) is 5.11 Å². The summed E-state index contributed by atoms with van der Waals surface area (Å²) in [6, 6.07) is -1.20. The molecule has 0 radical (unpaired) electrons. The molecule has 0 rings (SSSR count). The first-order chi connectivity index (χ1) is 8.01. The molecule has 8 nitrogen and oxygen atoms in total. The molecule has 0 aliphatic carbocycles. The van der Waals surface area contributed by atoms with E-state index in [1.807, 2.05) is 0 Å². The van der Waals surface area contributed by atoms with Gasteiger partial charge in [-0.15, -0.1) is 0 Å². The summed E-state index contributed by atoms with van der Waals surface area (Å²) in [5.74, 6) is -2.27. The summed E-state index contributed by atoms with van der Waals surface area (Å²) in [7, 11) is 2.66. The second kappa shape index (κ2) is 8.48. The Morgan fingerprint density at radius 2 is 1.65 bits per heavy atom. The molecule has 0 heterocycles. The van der Waals surface area contributed by atoms with Crippen molar-refractivity contribution < 1.29 is 29.0 Å². The predicted octanol–water partition coefficient (Wildman–Crippen LogP) is -2.04. The summed E-state index contributed by atoms with van der Waals surface area (Å²) in [4.78, 5) is 32.9. The molecule has 0 spiro atoms. The Hall–Kier alpha value is -1.67. The van der Waals surface area contributed by atoms with Gasteiger partial charge >= 0.3 is 5.97 Å².